The van der Waals surface area contributed by atoms with Crippen LogP contribution in [-0.4, -0.2) is 78.5 Å². The summed E-state index contributed by atoms with van der Waals surface area (Å²) in [5, 5.41) is 3.15. The molecule has 2 rings (SSSR count). The van der Waals surface area contributed by atoms with Crippen molar-refractivity contribution in [1.82, 2.24) is 15.1 Å². The molecule has 0 aliphatic carbocycles. The van der Waals surface area contributed by atoms with Crippen molar-refractivity contribution in [2.75, 3.05) is 20.7 Å². The lowest BCUT2D eigenvalue weighted by Crippen LogP contribution is -2.55. The summed E-state index contributed by atoms with van der Waals surface area (Å²) in [6.45, 7) is 12.7. The molecule has 1 unspecified atom stereocenters. The average Bonchev–Trinajstić information content (AvgIpc) is 3.39. The maximum atomic E-state index is 13.6. The third-order valence-corrected chi connectivity index (χ3v) is 8.63. The van der Waals surface area contributed by atoms with Gasteiger partial charge in [0.05, 0.1) is 24.6 Å². The van der Waals surface area contributed by atoms with E-state index in [1.54, 1.807) is 19.1 Å². The summed E-state index contributed by atoms with van der Waals surface area (Å²) in [6, 6.07) is 9.32. The number of nitrogens with one attached hydrogen (secondary N) is 1. The van der Waals surface area contributed by atoms with Crippen molar-refractivity contribution < 1.29 is 19.1 Å². The fourth-order valence-electron chi connectivity index (χ4n) is 5.87. The number of hydrogen-bond acceptors (Lipinski definition) is 5. The highest BCUT2D eigenvalue weighted by Gasteiger charge is 2.38. The van der Waals surface area contributed by atoms with Crippen LogP contribution in [0.1, 0.15) is 79.2 Å². The molecule has 0 aromatic heterocycles. The Morgan fingerprint density at radius 3 is 2.35 bits per heavy atom. The van der Waals surface area contributed by atoms with Gasteiger partial charge < -0.3 is 25.6 Å². The number of benzene rings is 1. The number of nitrogens with two attached hydrogens (primary N) is 1. The fraction of sp³-hybridized carbons (Fsp3) is 0.719. The number of amides is 3. The minimum Gasteiger partial charge on any atom is -0.379 e. The molecule has 1 aromatic rings. The lowest BCUT2D eigenvalue weighted by Gasteiger charge is -2.39. The van der Waals surface area contributed by atoms with Crippen molar-refractivity contribution in [2.45, 2.75) is 110 Å². The topological polar surface area (TPSA) is 105 Å². The van der Waals surface area contributed by atoms with Gasteiger partial charge in [-0.2, -0.15) is 0 Å². The van der Waals surface area contributed by atoms with Crippen LogP contribution in [0, 0.1) is 17.8 Å². The maximum Gasteiger partial charge on any atom is 0.239 e. The van der Waals surface area contributed by atoms with Crippen molar-refractivity contribution in [3.8, 4) is 0 Å². The molecule has 0 spiro atoms. The van der Waals surface area contributed by atoms with E-state index in [1.807, 2.05) is 50.8 Å². The smallest absolute Gasteiger partial charge is 0.239 e. The molecule has 3 N–H and O–H groups in total. The van der Waals surface area contributed by atoms with Crippen LogP contribution in [-0.2, 0) is 25.5 Å². The van der Waals surface area contributed by atoms with Gasteiger partial charge in [-0.3, -0.25) is 14.4 Å². The second-order valence-electron chi connectivity index (χ2n) is 12.2. The van der Waals surface area contributed by atoms with Crippen LogP contribution in [0.15, 0.2) is 30.3 Å². The SMILES string of the molecule is CCC(C)[C@@H]([C@@H](CC(=O)N1CCC[C@H]1C[C@@H](C)C(=O)N[C@H](C)Cc1ccccc1)OC)N(C)C(=O)[C@@H](N)C(C)C. The lowest BCUT2D eigenvalue weighted by atomic mass is 9.89. The molecule has 0 radical (unpaired) electrons. The zero-order valence-corrected chi connectivity index (χ0v) is 26.1. The number of ether oxygens (including phenoxy) is 1. The van der Waals surface area contributed by atoms with Gasteiger partial charge in [-0.05, 0) is 50.0 Å². The molecule has 3 amide bonds. The van der Waals surface area contributed by atoms with Crippen molar-refractivity contribution in [2.24, 2.45) is 23.5 Å². The third kappa shape index (κ3) is 9.30. The molecule has 7 atom stereocenters. The highest BCUT2D eigenvalue weighted by molar-refractivity contribution is 5.82. The summed E-state index contributed by atoms with van der Waals surface area (Å²) >= 11 is 0. The van der Waals surface area contributed by atoms with E-state index in [9.17, 15) is 14.4 Å². The highest BCUT2D eigenvalue weighted by atomic mass is 16.5. The fourth-order valence-corrected chi connectivity index (χ4v) is 5.87. The van der Waals surface area contributed by atoms with Crippen LogP contribution in [0.5, 0.6) is 0 Å². The second-order valence-corrected chi connectivity index (χ2v) is 12.2. The van der Waals surface area contributed by atoms with Crippen molar-refractivity contribution in [1.29, 1.82) is 0 Å². The first kappa shape index (κ1) is 33.8. The average molecular weight is 559 g/mol. The van der Waals surface area contributed by atoms with Crippen LogP contribution in [0.3, 0.4) is 0 Å². The van der Waals surface area contributed by atoms with Gasteiger partial charge in [0.15, 0.2) is 0 Å². The molecule has 0 bridgehead atoms. The molecule has 226 valence electrons. The van der Waals surface area contributed by atoms with Crippen LogP contribution < -0.4 is 11.1 Å². The van der Waals surface area contributed by atoms with E-state index in [4.69, 9.17) is 10.5 Å². The molecular formula is C32H54N4O4. The van der Waals surface area contributed by atoms with Crippen LogP contribution >= 0.6 is 0 Å². The first-order valence-electron chi connectivity index (χ1n) is 15.1. The largest absolute Gasteiger partial charge is 0.379 e. The van der Waals surface area contributed by atoms with E-state index in [2.05, 4.69) is 31.3 Å². The second kappa shape index (κ2) is 16.1. The van der Waals surface area contributed by atoms with Gasteiger partial charge in [0.25, 0.3) is 0 Å². The molecule has 1 heterocycles. The quantitative estimate of drug-likeness (QED) is 0.338. The molecule has 40 heavy (non-hydrogen) atoms. The summed E-state index contributed by atoms with van der Waals surface area (Å²) in [6.07, 6.45) is 3.79. The molecule has 1 saturated heterocycles. The monoisotopic (exact) mass is 558 g/mol. The Labute approximate surface area is 242 Å². The van der Waals surface area contributed by atoms with Crippen LogP contribution in [0.4, 0.5) is 0 Å². The number of carbonyl (C=O) groups is 3. The van der Waals surface area contributed by atoms with Gasteiger partial charge in [-0.25, -0.2) is 0 Å². The number of methoxy groups -OCH3 is 1. The number of likely N-dealkylation sites (N-methyl/N-ethyl adjacent to an activating group) is 1. The van der Waals surface area contributed by atoms with Gasteiger partial charge in [-0.1, -0.05) is 71.4 Å². The number of carbonyl (C=O) groups excluding carboxylic acids is 3. The number of rotatable bonds is 15. The first-order valence-corrected chi connectivity index (χ1v) is 15.1. The summed E-state index contributed by atoms with van der Waals surface area (Å²) in [7, 11) is 3.38. The molecule has 1 aliphatic heterocycles. The predicted octanol–water partition coefficient (Wildman–Crippen LogP) is 4.01. The predicted molar refractivity (Wildman–Crippen MR) is 161 cm³/mol. The Hall–Kier alpha value is -2.45. The van der Waals surface area contributed by atoms with Gasteiger partial charge >= 0.3 is 0 Å². The number of nitrogens with zero attached hydrogens (tertiary/aromatic N) is 2. The van der Waals surface area contributed by atoms with Crippen molar-refractivity contribution >= 4 is 17.7 Å². The summed E-state index contributed by atoms with van der Waals surface area (Å²) < 4.78 is 5.88. The maximum absolute atomic E-state index is 13.6. The zero-order chi connectivity index (χ0) is 30.0. The van der Waals surface area contributed by atoms with E-state index in [-0.39, 0.29) is 60.0 Å². The van der Waals surface area contributed by atoms with E-state index in [1.165, 1.54) is 5.56 Å². The van der Waals surface area contributed by atoms with Gasteiger partial charge in [0.1, 0.15) is 0 Å². The summed E-state index contributed by atoms with van der Waals surface area (Å²) in [4.78, 5) is 43.4. The normalized spacial score (nSPS) is 19.9. The van der Waals surface area contributed by atoms with E-state index >= 15 is 0 Å². The minimum absolute atomic E-state index is 0.0148. The van der Waals surface area contributed by atoms with Gasteiger partial charge in [-0.15, -0.1) is 0 Å². The minimum atomic E-state index is -0.601. The molecule has 1 aromatic carbocycles. The Kier molecular flexibility index (Phi) is 13.6. The molecular weight excluding hydrogens is 504 g/mol. The molecule has 1 fully saturated rings. The van der Waals surface area contributed by atoms with Crippen LogP contribution in [0.25, 0.3) is 0 Å². The van der Waals surface area contributed by atoms with E-state index in [0.29, 0.717) is 13.0 Å². The van der Waals surface area contributed by atoms with E-state index < -0.39 is 12.1 Å². The standard InChI is InChI=1S/C32H54N4O4/c1-9-22(4)30(35(7)32(39)29(33)21(2)3)27(40-8)20-28(37)36-17-13-16-26(36)18-23(5)31(38)34-24(6)19-25-14-11-10-12-15-25/h10-12,14-15,21-24,26-27,29-30H,9,13,16-20,33H2,1-8H3,(H,34,38)/t22?,23-,24-,26+,27-,29+,30+/m1/s1. The Morgan fingerprint density at radius 1 is 1.12 bits per heavy atom. The summed E-state index contributed by atoms with van der Waals surface area (Å²) in [5.74, 6) is -0.153. The molecule has 0 saturated carbocycles. The van der Waals surface area contributed by atoms with Crippen LogP contribution in [0.2, 0.25) is 0 Å². The summed E-state index contributed by atoms with van der Waals surface area (Å²) in [5.41, 5.74) is 7.39. The van der Waals surface area contributed by atoms with Gasteiger partial charge in [0.2, 0.25) is 17.7 Å². The molecule has 8 heteroatoms. The van der Waals surface area contributed by atoms with E-state index in [0.717, 1.165) is 25.7 Å². The Morgan fingerprint density at radius 2 is 1.77 bits per heavy atom. The van der Waals surface area contributed by atoms with Gasteiger partial charge in [0, 0.05) is 38.7 Å². The Bertz CT molecular complexity index is 940. The van der Waals surface area contributed by atoms with Crippen molar-refractivity contribution in [3.63, 3.8) is 0 Å². The molecule has 8 nitrogen and oxygen atoms in total. The third-order valence-electron chi connectivity index (χ3n) is 8.63. The highest BCUT2D eigenvalue weighted by Crippen LogP contribution is 2.28. The zero-order valence-electron chi connectivity index (χ0n) is 26.1. The van der Waals surface area contributed by atoms with Crippen molar-refractivity contribution in [3.05, 3.63) is 35.9 Å². The first-order chi connectivity index (χ1) is 18.9. The Balaban J connectivity index is 2.03. The number of hydrogen-bond donors (Lipinski definition) is 2. The molecule has 1 aliphatic rings. The number of likely N-dealkylation sites (tertiary alicyclic amines) is 1. The lowest BCUT2D eigenvalue weighted by molar-refractivity contribution is -0.144.